The molecule has 0 fully saturated rings. The van der Waals surface area contributed by atoms with Crippen LogP contribution < -0.4 is 0 Å². The van der Waals surface area contributed by atoms with Crippen LogP contribution in [-0.2, 0) is 0 Å². The molecule has 68 heavy (non-hydrogen) atoms. The molecule has 68 heteroatoms. The van der Waals surface area contributed by atoms with Crippen LogP contribution in [0.4, 0.5) is 0 Å². The van der Waals surface area contributed by atoms with E-state index in [1.165, 1.54) is 0 Å². The van der Waals surface area contributed by atoms with E-state index in [1.54, 1.807) is 0 Å². The van der Waals surface area contributed by atoms with Crippen molar-refractivity contribution in [2.45, 2.75) is 0 Å². The van der Waals surface area contributed by atoms with E-state index in [0.29, 0.717) is 0 Å². The molecular formula is H64B4Li52O12. The van der Waals surface area contributed by atoms with Crippen molar-refractivity contribution in [1.82, 2.24) is 0 Å². The summed E-state index contributed by atoms with van der Waals surface area (Å²) in [5, 5.41) is 86.0. The number of rotatable bonds is 0. The summed E-state index contributed by atoms with van der Waals surface area (Å²) in [6.07, 6.45) is 0. The Morgan fingerprint density at radius 2 is 0.0735 bits per heavy atom. The first kappa shape index (κ1) is 516. The average Bonchev–Trinajstić information content (AvgIpc) is 1.76. The normalized spacial score (nSPS) is 1.59. The van der Waals surface area contributed by atoms with E-state index < -0.39 is 29.3 Å². The molecule has 0 aliphatic heterocycles. The monoisotopic (exact) mass is 665 g/mol. The van der Waals surface area contributed by atoms with Crippen molar-refractivity contribution in [3.8, 4) is 0 Å². The zero-order valence-corrected chi connectivity index (χ0v) is 7.68. The van der Waals surface area contributed by atoms with Gasteiger partial charge in [0.15, 0.2) is 0 Å². The predicted octanol–water partition coefficient (Wildman–Crippen LogP) is -41.9. The molecule has 0 unspecified atom stereocenters. The fraction of sp³-hybridized carbons (Fsp3) is 0. The van der Waals surface area contributed by atoms with Crippen molar-refractivity contribution >= 4 is 1010 Å². The third kappa shape index (κ3) is 935. The summed E-state index contributed by atoms with van der Waals surface area (Å²) in [5.74, 6) is 0. The molecule has 200 valence electrons. The van der Waals surface area contributed by atoms with Crippen LogP contribution in [0.2, 0.25) is 0 Å². The zero-order chi connectivity index (χ0) is 14.3. The van der Waals surface area contributed by atoms with Gasteiger partial charge in [-0.05, 0) is 0 Å². The molecule has 0 amide bonds. The number of hydrogen-bond donors (Lipinski definition) is 12. The minimum absolute atomic E-state index is 0. The van der Waals surface area contributed by atoms with Gasteiger partial charge in [-0.15, -0.1) is 0 Å². The van der Waals surface area contributed by atoms with E-state index in [2.05, 4.69) is 0 Å². The molecule has 0 spiro atoms. The maximum absolute atomic E-state index is 7.17. The molecule has 0 radical (unpaired) electrons. The van der Waals surface area contributed by atoms with Crippen LogP contribution in [0.15, 0.2) is 0 Å². The van der Waals surface area contributed by atoms with E-state index in [0.717, 1.165) is 0 Å². The van der Waals surface area contributed by atoms with Crippen molar-refractivity contribution < 1.29 is 60.3 Å². The standard InChI is InChI=1S/4BH3O3.52Li.52H/c4*2-1(3)4;;;;;;;;;;;;;;;;;;;;;;;;;;;;;;;;;;;;;;;;;;;;;;;;;;;;;;;;;;;;;;;;;;;;;;;;;;;;;;;;;;;;;;;;;;;;;;;;;;;;;;;;/h4*2-4H;;;;;;;;;;;;;;;;;;;;;;;;;;;;;;;;;;;;;;;;;;;;;;;;;;;;;;;;;;;;;;;;;;;;;;;;;;;;;;;;;;;;;;;;;;;;;;;;;;;;;;;;. The molecule has 0 aliphatic rings. The second-order valence-corrected chi connectivity index (χ2v) is 1.39. The van der Waals surface area contributed by atoms with Gasteiger partial charge >= 0.3 is 1010 Å². The molecule has 12 N–H and O–H groups in total. The summed E-state index contributed by atoms with van der Waals surface area (Å²) in [7, 11) is -8.67. The van der Waals surface area contributed by atoms with Gasteiger partial charge in [0.05, 0.1) is 0 Å². The van der Waals surface area contributed by atoms with Crippen LogP contribution in [0.5, 0.6) is 0 Å². The van der Waals surface area contributed by atoms with Gasteiger partial charge in [0.2, 0.25) is 0 Å². The molecule has 0 bridgehead atoms. The topological polar surface area (TPSA) is 243 Å². The van der Waals surface area contributed by atoms with Gasteiger partial charge in [-0.2, -0.15) is 0 Å². The van der Waals surface area contributed by atoms with Crippen molar-refractivity contribution in [2.75, 3.05) is 0 Å². The van der Waals surface area contributed by atoms with Crippen LogP contribution >= 0.6 is 0 Å². The van der Waals surface area contributed by atoms with Crippen LogP contribution in [0.25, 0.3) is 0 Å². The van der Waals surface area contributed by atoms with Gasteiger partial charge in [0.1, 0.15) is 0 Å². The number of hydrogen-bond acceptors (Lipinski definition) is 12. The van der Waals surface area contributed by atoms with Gasteiger partial charge in [0, 0.05) is 0 Å². The van der Waals surface area contributed by atoms with E-state index in [9.17, 15) is 0 Å². The summed E-state index contributed by atoms with van der Waals surface area (Å²) in [5.41, 5.74) is 0. The fourth-order valence-electron chi connectivity index (χ4n) is 0. The predicted molar refractivity (Wildman–Crippen MR) is 421 cm³/mol. The Labute approximate surface area is 1040 Å². The summed E-state index contributed by atoms with van der Waals surface area (Å²) in [4.78, 5) is 0. The van der Waals surface area contributed by atoms with Crippen molar-refractivity contribution in [3.63, 3.8) is 0 Å². The Hall–Kier alpha value is 30.8. The van der Waals surface area contributed by atoms with Crippen LogP contribution in [0.1, 0.15) is 0 Å². The summed E-state index contributed by atoms with van der Waals surface area (Å²) in [6.45, 7) is 0. The SMILES string of the molecule is OB(O)O.OB(O)O.OB(O)O.OB(O)O.[LiH].[LiH].[LiH].[LiH].[LiH].[LiH].[LiH].[LiH].[LiH].[LiH].[LiH].[LiH].[LiH].[LiH].[LiH].[LiH].[LiH].[LiH].[LiH].[LiH].[LiH].[LiH].[LiH].[LiH].[LiH].[LiH].[LiH].[LiH].[LiH].[LiH].[LiH].[LiH].[LiH].[LiH].[LiH].[LiH].[LiH].[LiH].[LiH].[LiH].[LiH].[LiH].[LiH].[LiH].[LiH].[LiH].[LiH].[LiH].[LiH].[LiH].[LiH].[LiH]. The van der Waals surface area contributed by atoms with Crippen LogP contribution in [0.3, 0.4) is 0 Å². The van der Waals surface area contributed by atoms with Gasteiger partial charge in [0.25, 0.3) is 0 Å². The van der Waals surface area contributed by atoms with E-state index >= 15 is 0 Å². The first-order valence-corrected chi connectivity index (χ1v) is 3.10. The molecule has 0 rings (SSSR count). The molecule has 0 saturated heterocycles. The molecular weight excluding hydrogens is 596 g/mol. The molecule has 0 aromatic rings. The Morgan fingerprint density at radius 1 is 0.0735 bits per heavy atom. The van der Waals surface area contributed by atoms with Crippen molar-refractivity contribution in [3.05, 3.63) is 0 Å². The zero-order valence-electron chi connectivity index (χ0n) is 7.68. The van der Waals surface area contributed by atoms with E-state index in [4.69, 9.17) is 60.3 Å². The Balaban J connectivity index is -0.000000000417. The quantitative estimate of drug-likeness (QED) is 0.108. The summed E-state index contributed by atoms with van der Waals surface area (Å²) >= 11 is 0. The second kappa shape index (κ2) is 500. The van der Waals surface area contributed by atoms with E-state index in [1.807, 2.05) is 0 Å². The van der Waals surface area contributed by atoms with Gasteiger partial charge < -0.3 is 60.3 Å². The molecule has 0 aliphatic carbocycles. The molecule has 12 nitrogen and oxygen atoms in total. The van der Waals surface area contributed by atoms with Crippen LogP contribution in [0, 0.1) is 0 Å². The molecule has 0 heterocycles. The summed E-state index contributed by atoms with van der Waals surface area (Å²) in [6, 6.07) is 0. The Bertz CT molecular complexity index is 110. The third-order valence-electron chi connectivity index (χ3n) is 0. The maximum atomic E-state index is 7.17. The molecule has 0 atom stereocenters. The molecule has 0 aromatic carbocycles. The second-order valence-electron chi connectivity index (χ2n) is 1.39. The van der Waals surface area contributed by atoms with Gasteiger partial charge in [-0.3, -0.25) is 0 Å². The van der Waals surface area contributed by atoms with Crippen LogP contribution in [-0.4, -0.2) is 1070 Å². The van der Waals surface area contributed by atoms with Gasteiger partial charge in [-0.25, -0.2) is 0 Å². The van der Waals surface area contributed by atoms with Crippen molar-refractivity contribution in [2.24, 2.45) is 0 Å². The van der Waals surface area contributed by atoms with Crippen molar-refractivity contribution in [1.29, 1.82) is 0 Å². The first-order valence-electron chi connectivity index (χ1n) is 3.10. The Morgan fingerprint density at radius 3 is 0.0735 bits per heavy atom. The minimum atomic E-state index is -2.17. The van der Waals surface area contributed by atoms with E-state index in [-0.39, 0.29) is 981 Å². The first-order chi connectivity index (χ1) is 6.93. The summed E-state index contributed by atoms with van der Waals surface area (Å²) < 4.78 is 0. The Kier molecular flexibility index (Phi) is 3790. The average molecular weight is 661 g/mol. The fourth-order valence-corrected chi connectivity index (χ4v) is 0. The molecule has 0 saturated carbocycles. The third-order valence-corrected chi connectivity index (χ3v) is 0. The van der Waals surface area contributed by atoms with Gasteiger partial charge in [-0.1, -0.05) is 0 Å². The molecule has 0 aromatic heterocycles.